The number of non-ortho nitro benzene ring substituents is 1. The summed E-state index contributed by atoms with van der Waals surface area (Å²) in [5.74, 6) is 0.765. The van der Waals surface area contributed by atoms with Crippen molar-refractivity contribution in [3.63, 3.8) is 0 Å². The molecule has 0 atom stereocenters. The summed E-state index contributed by atoms with van der Waals surface area (Å²) >= 11 is 0. The number of nitro benzene ring substituents is 1. The molecule has 1 heterocycles. The van der Waals surface area contributed by atoms with Crippen molar-refractivity contribution in [1.82, 2.24) is 4.98 Å². The molecular formula is C13H13N3O3. The van der Waals surface area contributed by atoms with Gasteiger partial charge < -0.3 is 10.5 Å². The van der Waals surface area contributed by atoms with Crippen LogP contribution in [0.5, 0.6) is 11.6 Å². The highest BCUT2D eigenvalue weighted by Crippen LogP contribution is 2.28. The highest BCUT2D eigenvalue weighted by atomic mass is 16.6. The highest BCUT2D eigenvalue weighted by molar-refractivity contribution is 5.47. The number of ether oxygens (including phenoxy) is 1. The average Bonchev–Trinajstić information content (AvgIpc) is 2.36. The van der Waals surface area contributed by atoms with Crippen molar-refractivity contribution in [2.45, 2.75) is 13.8 Å². The normalized spacial score (nSPS) is 10.2. The summed E-state index contributed by atoms with van der Waals surface area (Å²) < 4.78 is 5.56. The second-order valence-electron chi connectivity index (χ2n) is 4.13. The van der Waals surface area contributed by atoms with Gasteiger partial charge in [-0.3, -0.25) is 10.1 Å². The number of hydrogen-bond donors (Lipinski definition) is 1. The number of rotatable bonds is 3. The minimum atomic E-state index is -0.464. The molecule has 0 radical (unpaired) electrons. The summed E-state index contributed by atoms with van der Waals surface area (Å²) in [7, 11) is 0. The molecule has 0 aliphatic heterocycles. The molecular weight excluding hydrogens is 246 g/mol. The van der Waals surface area contributed by atoms with Crippen LogP contribution in [0.25, 0.3) is 0 Å². The number of hydrogen-bond acceptors (Lipinski definition) is 5. The minimum Gasteiger partial charge on any atom is -0.438 e. The zero-order chi connectivity index (χ0) is 14.0. The maximum absolute atomic E-state index is 10.7. The van der Waals surface area contributed by atoms with Gasteiger partial charge in [0, 0.05) is 12.1 Å². The molecule has 0 fully saturated rings. The predicted molar refractivity (Wildman–Crippen MR) is 71.3 cm³/mol. The first kappa shape index (κ1) is 12.8. The van der Waals surface area contributed by atoms with E-state index in [1.807, 2.05) is 6.92 Å². The van der Waals surface area contributed by atoms with Gasteiger partial charge in [0.25, 0.3) is 5.69 Å². The molecule has 2 rings (SSSR count). The van der Waals surface area contributed by atoms with E-state index in [-0.39, 0.29) is 5.69 Å². The standard InChI is InChI=1S/C13H13N3O3/c1-8-3-4-10(16(17)18)7-12(8)19-13-6-5-11(14)9(2)15-13/h3-7H,14H2,1-2H3. The molecule has 0 saturated heterocycles. The van der Waals surface area contributed by atoms with Gasteiger partial charge >= 0.3 is 0 Å². The fraction of sp³-hybridized carbons (Fsp3) is 0.154. The number of nitro groups is 1. The Bertz CT molecular complexity index is 641. The minimum absolute atomic E-state index is 0.0206. The molecule has 0 spiro atoms. The highest BCUT2D eigenvalue weighted by Gasteiger charge is 2.11. The Labute approximate surface area is 110 Å². The average molecular weight is 259 g/mol. The maximum atomic E-state index is 10.7. The van der Waals surface area contributed by atoms with Crippen molar-refractivity contribution in [3.8, 4) is 11.6 Å². The Hall–Kier alpha value is -2.63. The lowest BCUT2D eigenvalue weighted by atomic mass is 10.2. The number of pyridine rings is 1. The number of benzene rings is 1. The van der Waals surface area contributed by atoms with E-state index in [0.29, 0.717) is 23.0 Å². The van der Waals surface area contributed by atoms with E-state index < -0.39 is 4.92 Å². The van der Waals surface area contributed by atoms with Gasteiger partial charge in [0.2, 0.25) is 5.88 Å². The fourth-order valence-corrected chi connectivity index (χ4v) is 1.53. The summed E-state index contributed by atoms with van der Waals surface area (Å²) in [5.41, 5.74) is 7.67. The molecule has 0 saturated carbocycles. The van der Waals surface area contributed by atoms with Crippen LogP contribution < -0.4 is 10.5 Å². The third-order valence-electron chi connectivity index (χ3n) is 2.70. The lowest BCUT2D eigenvalue weighted by Gasteiger charge is -2.08. The number of anilines is 1. The first-order valence-electron chi connectivity index (χ1n) is 5.63. The first-order chi connectivity index (χ1) is 8.97. The van der Waals surface area contributed by atoms with Crippen molar-refractivity contribution >= 4 is 11.4 Å². The summed E-state index contributed by atoms with van der Waals surface area (Å²) in [6.07, 6.45) is 0. The summed E-state index contributed by atoms with van der Waals surface area (Å²) in [6, 6.07) is 7.76. The van der Waals surface area contributed by atoms with Crippen LogP contribution in [-0.2, 0) is 0 Å². The number of nitrogen functional groups attached to an aromatic ring is 1. The first-order valence-corrected chi connectivity index (χ1v) is 5.63. The molecule has 0 aliphatic rings. The monoisotopic (exact) mass is 259 g/mol. The lowest BCUT2D eigenvalue weighted by Crippen LogP contribution is -1.97. The number of aryl methyl sites for hydroxylation is 2. The quantitative estimate of drug-likeness (QED) is 0.675. The van der Waals surface area contributed by atoms with Crippen molar-refractivity contribution < 1.29 is 9.66 Å². The van der Waals surface area contributed by atoms with Gasteiger partial charge in [-0.1, -0.05) is 0 Å². The van der Waals surface area contributed by atoms with Gasteiger partial charge in [-0.25, -0.2) is 4.98 Å². The third-order valence-corrected chi connectivity index (χ3v) is 2.70. The Morgan fingerprint density at radius 2 is 2.00 bits per heavy atom. The second kappa shape index (κ2) is 4.93. The van der Waals surface area contributed by atoms with Gasteiger partial charge in [0.15, 0.2) is 0 Å². The fourth-order valence-electron chi connectivity index (χ4n) is 1.53. The Morgan fingerprint density at radius 3 is 2.63 bits per heavy atom. The smallest absolute Gasteiger partial charge is 0.273 e. The van der Waals surface area contributed by atoms with Crippen LogP contribution in [0.15, 0.2) is 30.3 Å². The van der Waals surface area contributed by atoms with E-state index in [1.165, 1.54) is 12.1 Å². The molecule has 2 N–H and O–H groups in total. The molecule has 1 aromatic heterocycles. The predicted octanol–water partition coefficient (Wildman–Crippen LogP) is 2.98. The molecule has 98 valence electrons. The van der Waals surface area contributed by atoms with Gasteiger partial charge in [0.1, 0.15) is 5.75 Å². The zero-order valence-corrected chi connectivity index (χ0v) is 10.6. The molecule has 0 unspecified atom stereocenters. The molecule has 0 aliphatic carbocycles. The van der Waals surface area contributed by atoms with Crippen LogP contribution in [-0.4, -0.2) is 9.91 Å². The van der Waals surface area contributed by atoms with E-state index in [4.69, 9.17) is 10.5 Å². The lowest BCUT2D eigenvalue weighted by molar-refractivity contribution is -0.384. The topological polar surface area (TPSA) is 91.3 Å². The van der Waals surface area contributed by atoms with E-state index in [9.17, 15) is 10.1 Å². The molecule has 0 bridgehead atoms. The molecule has 6 heteroatoms. The molecule has 0 amide bonds. The molecule has 2 aromatic rings. The maximum Gasteiger partial charge on any atom is 0.273 e. The van der Waals surface area contributed by atoms with E-state index in [2.05, 4.69) is 4.98 Å². The van der Waals surface area contributed by atoms with E-state index in [0.717, 1.165) is 5.56 Å². The summed E-state index contributed by atoms with van der Waals surface area (Å²) in [5, 5.41) is 10.7. The van der Waals surface area contributed by atoms with Crippen LogP contribution in [0.4, 0.5) is 11.4 Å². The van der Waals surface area contributed by atoms with Crippen molar-refractivity contribution in [2.24, 2.45) is 0 Å². The Morgan fingerprint density at radius 1 is 1.26 bits per heavy atom. The third kappa shape index (κ3) is 2.79. The Balaban J connectivity index is 2.34. The molecule has 19 heavy (non-hydrogen) atoms. The largest absolute Gasteiger partial charge is 0.438 e. The second-order valence-corrected chi connectivity index (χ2v) is 4.13. The summed E-state index contributed by atoms with van der Waals surface area (Å²) in [4.78, 5) is 14.4. The number of nitrogens with zero attached hydrogens (tertiary/aromatic N) is 2. The Kier molecular flexibility index (Phi) is 3.33. The SMILES string of the molecule is Cc1ccc([N+](=O)[O-])cc1Oc1ccc(N)c(C)n1. The van der Waals surface area contributed by atoms with Crippen LogP contribution in [0, 0.1) is 24.0 Å². The number of nitrogens with two attached hydrogens (primary N) is 1. The van der Waals surface area contributed by atoms with Gasteiger partial charge in [0.05, 0.1) is 22.4 Å². The van der Waals surface area contributed by atoms with Crippen molar-refractivity contribution in [1.29, 1.82) is 0 Å². The van der Waals surface area contributed by atoms with Gasteiger partial charge in [-0.05, 0) is 31.5 Å². The van der Waals surface area contributed by atoms with E-state index in [1.54, 1.807) is 25.1 Å². The van der Waals surface area contributed by atoms with E-state index >= 15 is 0 Å². The summed E-state index contributed by atoms with van der Waals surface area (Å²) in [6.45, 7) is 3.58. The molecule has 1 aromatic carbocycles. The van der Waals surface area contributed by atoms with Crippen LogP contribution in [0.2, 0.25) is 0 Å². The number of aromatic nitrogens is 1. The van der Waals surface area contributed by atoms with Crippen molar-refractivity contribution in [3.05, 3.63) is 51.7 Å². The van der Waals surface area contributed by atoms with Crippen molar-refractivity contribution in [2.75, 3.05) is 5.73 Å². The zero-order valence-electron chi connectivity index (χ0n) is 10.6. The van der Waals surface area contributed by atoms with Crippen LogP contribution in [0.3, 0.4) is 0 Å². The van der Waals surface area contributed by atoms with Crippen LogP contribution >= 0.6 is 0 Å². The van der Waals surface area contributed by atoms with Gasteiger partial charge in [-0.15, -0.1) is 0 Å². The molecule has 6 nitrogen and oxygen atoms in total. The van der Waals surface area contributed by atoms with Crippen LogP contribution in [0.1, 0.15) is 11.3 Å². The van der Waals surface area contributed by atoms with Gasteiger partial charge in [-0.2, -0.15) is 0 Å².